The fraction of sp³-hybridized carbons (Fsp3) is 0.143. The molecule has 0 fully saturated rings. The number of aromatic carboxylic acids is 1. The maximum absolute atomic E-state index is 14.6. The number of rotatable bonds is 5. The lowest BCUT2D eigenvalue weighted by Gasteiger charge is -2.21. The molecule has 1 heterocycles. The molecule has 160 valence electrons. The van der Waals surface area contributed by atoms with Crippen molar-refractivity contribution >= 4 is 34.9 Å². The number of hydrogen-bond acceptors (Lipinski definition) is 4. The van der Waals surface area contributed by atoms with E-state index in [9.17, 15) is 29.2 Å². The lowest BCUT2D eigenvalue weighted by Crippen LogP contribution is -2.25. The number of nitro benzene ring substituents is 1. The molecule has 0 saturated heterocycles. The van der Waals surface area contributed by atoms with Crippen molar-refractivity contribution in [1.82, 2.24) is 4.57 Å². The molecule has 0 aliphatic rings. The Bertz CT molecular complexity index is 1300. The van der Waals surface area contributed by atoms with Crippen LogP contribution in [0.3, 0.4) is 0 Å². The van der Waals surface area contributed by atoms with Crippen LogP contribution in [0.15, 0.2) is 41.2 Å². The highest BCUT2D eigenvalue weighted by atomic mass is 35.5. The maximum Gasteiger partial charge on any atom is 0.341 e. The summed E-state index contributed by atoms with van der Waals surface area (Å²) in [6.45, 7) is 3.47. The van der Waals surface area contributed by atoms with Crippen LogP contribution >= 0.6 is 23.2 Å². The van der Waals surface area contributed by atoms with E-state index in [-0.39, 0.29) is 39.0 Å². The van der Waals surface area contributed by atoms with Crippen molar-refractivity contribution in [3.63, 3.8) is 0 Å². The summed E-state index contributed by atoms with van der Waals surface area (Å²) in [4.78, 5) is 36.0. The summed E-state index contributed by atoms with van der Waals surface area (Å²) in [5.41, 5.74) is -1.81. The number of pyridine rings is 1. The summed E-state index contributed by atoms with van der Waals surface area (Å²) in [7, 11) is 0. The third-order valence-corrected chi connectivity index (χ3v) is 5.43. The predicted molar refractivity (Wildman–Crippen MR) is 116 cm³/mol. The number of aromatic nitrogens is 1. The minimum atomic E-state index is -1.55. The molecule has 0 unspecified atom stereocenters. The van der Waals surface area contributed by atoms with E-state index < -0.39 is 33.4 Å². The zero-order chi connectivity index (χ0) is 23.0. The molecular weight excluding hydrogens is 450 g/mol. The van der Waals surface area contributed by atoms with Crippen LogP contribution in [0, 0.1) is 22.9 Å². The molecule has 0 spiro atoms. The molecule has 10 heteroatoms. The van der Waals surface area contributed by atoms with Crippen LogP contribution in [-0.2, 0) is 6.54 Å². The van der Waals surface area contributed by atoms with Gasteiger partial charge in [-0.3, -0.25) is 14.9 Å². The Morgan fingerprint density at radius 2 is 1.90 bits per heavy atom. The largest absolute Gasteiger partial charge is 0.477 e. The topological polar surface area (TPSA) is 102 Å². The van der Waals surface area contributed by atoms with E-state index in [2.05, 4.69) is 0 Å². The third-order valence-electron chi connectivity index (χ3n) is 4.87. The molecule has 1 N–H and O–H groups in total. The van der Waals surface area contributed by atoms with Gasteiger partial charge in [0.1, 0.15) is 16.4 Å². The minimum Gasteiger partial charge on any atom is -0.477 e. The van der Waals surface area contributed by atoms with E-state index in [1.165, 1.54) is 28.8 Å². The van der Waals surface area contributed by atoms with Gasteiger partial charge >= 0.3 is 5.97 Å². The first kappa shape index (κ1) is 22.5. The fourth-order valence-corrected chi connectivity index (χ4v) is 3.88. The zero-order valence-corrected chi connectivity index (χ0v) is 17.8. The maximum atomic E-state index is 14.6. The first-order chi connectivity index (χ1) is 14.6. The predicted octanol–water partition coefficient (Wildman–Crippen LogP) is 5.56. The normalized spacial score (nSPS) is 10.9. The number of carbonyl (C=O) groups is 1. The van der Waals surface area contributed by atoms with Gasteiger partial charge in [0.15, 0.2) is 0 Å². The van der Waals surface area contributed by atoms with Crippen molar-refractivity contribution in [2.45, 2.75) is 20.4 Å². The van der Waals surface area contributed by atoms with E-state index in [1.807, 2.05) is 0 Å². The minimum absolute atomic E-state index is 0.0320. The third kappa shape index (κ3) is 3.92. The second kappa shape index (κ2) is 8.49. The molecule has 0 amide bonds. The average Bonchev–Trinajstić information content (AvgIpc) is 2.69. The van der Waals surface area contributed by atoms with Crippen LogP contribution in [0.4, 0.5) is 10.1 Å². The van der Waals surface area contributed by atoms with Crippen molar-refractivity contribution in [1.29, 1.82) is 0 Å². The SMILES string of the molecule is CCn1c(C)c(-c2ccc(Cl)cc2F)c(=O)c(C(=O)O)c1-c1ccc(Cl)c([N+](=O)[O-])c1. The van der Waals surface area contributed by atoms with Crippen LogP contribution in [0.2, 0.25) is 10.0 Å². The fourth-order valence-electron chi connectivity index (χ4n) is 3.54. The Kier molecular flexibility index (Phi) is 6.15. The Hall–Kier alpha value is -3.23. The highest BCUT2D eigenvalue weighted by Gasteiger charge is 2.28. The number of hydrogen-bond donors (Lipinski definition) is 1. The Morgan fingerprint density at radius 1 is 1.23 bits per heavy atom. The van der Waals surface area contributed by atoms with Gasteiger partial charge in [-0.2, -0.15) is 0 Å². The Labute approximate surface area is 185 Å². The van der Waals surface area contributed by atoms with Gasteiger partial charge in [0, 0.05) is 34.5 Å². The van der Waals surface area contributed by atoms with E-state index in [4.69, 9.17) is 23.2 Å². The van der Waals surface area contributed by atoms with Crippen molar-refractivity contribution in [3.05, 3.63) is 83.9 Å². The molecule has 0 atom stereocenters. The van der Waals surface area contributed by atoms with E-state index in [1.54, 1.807) is 13.8 Å². The highest BCUT2D eigenvalue weighted by Crippen LogP contribution is 2.34. The molecule has 0 radical (unpaired) electrons. The highest BCUT2D eigenvalue weighted by molar-refractivity contribution is 6.32. The van der Waals surface area contributed by atoms with Crippen LogP contribution in [-0.4, -0.2) is 20.6 Å². The summed E-state index contributed by atoms with van der Waals surface area (Å²) in [6, 6.07) is 7.49. The Balaban J connectivity index is 2.48. The van der Waals surface area contributed by atoms with Gasteiger partial charge in [-0.05, 0) is 38.1 Å². The summed E-state index contributed by atoms with van der Waals surface area (Å²) in [5, 5.41) is 21.1. The molecule has 31 heavy (non-hydrogen) atoms. The molecule has 0 bridgehead atoms. The number of carboxylic acid groups (broad SMARTS) is 1. The monoisotopic (exact) mass is 464 g/mol. The molecule has 7 nitrogen and oxygen atoms in total. The number of halogens is 3. The summed E-state index contributed by atoms with van der Waals surface area (Å²) in [6.07, 6.45) is 0. The van der Waals surface area contributed by atoms with Crippen molar-refractivity contribution in [2.75, 3.05) is 0 Å². The first-order valence-electron chi connectivity index (χ1n) is 8.98. The van der Waals surface area contributed by atoms with Gasteiger partial charge < -0.3 is 9.67 Å². The number of benzene rings is 2. The van der Waals surface area contributed by atoms with Gasteiger partial charge in [-0.15, -0.1) is 0 Å². The van der Waals surface area contributed by atoms with E-state index in [0.29, 0.717) is 5.69 Å². The molecule has 0 aliphatic heterocycles. The average molecular weight is 465 g/mol. The smallest absolute Gasteiger partial charge is 0.341 e. The molecule has 0 saturated carbocycles. The van der Waals surface area contributed by atoms with Gasteiger partial charge in [-0.25, -0.2) is 9.18 Å². The van der Waals surface area contributed by atoms with Gasteiger partial charge in [0.25, 0.3) is 5.69 Å². The molecule has 3 rings (SSSR count). The molecular formula is C21H15Cl2FN2O5. The lowest BCUT2D eigenvalue weighted by molar-refractivity contribution is -0.384. The summed E-state index contributed by atoms with van der Waals surface area (Å²) < 4.78 is 16.1. The van der Waals surface area contributed by atoms with Gasteiger partial charge in [0.05, 0.1) is 16.2 Å². The first-order valence-corrected chi connectivity index (χ1v) is 9.74. The van der Waals surface area contributed by atoms with Gasteiger partial charge in [0.2, 0.25) is 5.43 Å². The standard InChI is InChI=1S/C21H15Cl2FN2O5/c1-3-25-10(2)17(13-6-5-12(22)9-15(13)24)20(27)18(21(28)29)19(25)11-4-7-14(23)16(8-11)26(30)31/h4-9H,3H2,1-2H3,(H,28,29). The molecule has 2 aromatic carbocycles. The number of carboxylic acids is 1. The van der Waals surface area contributed by atoms with Crippen LogP contribution in [0.5, 0.6) is 0 Å². The second-order valence-corrected chi connectivity index (χ2v) is 7.45. The zero-order valence-electron chi connectivity index (χ0n) is 16.3. The second-order valence-electron chi connectivity index (χ2n) is 6.61. The summed E-state index contributed by atoms with van der Waals surface area (Å²) >= 11 is 11.7. The van der Waals surface area contributed by atoms with E-state index >= 15 is 0 Å². The van der Waals surface area contributed by atoms with Crippen LogP contribution in [0.1, 0.15) is 23.0 Å². The van der Waals surface area contributed by atoms with Crippen molar-refractivity contribution in [2.24, 2.45) is 0 Å². The molecule has 3 aromatic rings. The number of nitro groups is 1. The van der Waals surface area contributed by atoms with E-state index in [0.717, 1.165) is 12.1 Å². The van der Waals surface area contributed by atoms with Crippen LogP contribution in [0.25, 0.3) is 22.4 Å². The Morgan fingerprint density at radius 3 is 2.45 bits per heavy atom. The number of nitrogens with zero attached hydrogens (tertiary/aromatic N) is 2. The quantitative estimate of drug-likeness (QED) is 0.393. The van der Waals surface area contributed by atoms with Crippen molar-refractivity contribution in [3.8, 4) is 22.4 Å². The lowest BCUT2D eigenvalue weighted by atomic mass is 9.95. The summed E-state index contributed by atoms with van der Waals surface area (Å²) in [5.74, 6) is -2.32. The molecule has 0 aliphatic carbocycles. The van der Waals surface area contributed by atoms with Crippen LogP contribution < -0.4 is 5.43 Å². The molecule has 1 aromatic heterocycles. The van der Waals surface area contributed by atoms with Gasteiger partial charge in [-0.1, -0.05) is 29.3 Å². The van der Waals surface area contributed by atoms with Crippen molar-refractivity contribution < 1.29 is 19.2 Å².